The molecule has 0 aliphatic heterocycles. The number of hydrogen-bond donors (Lipinski definition) is 0. The summed E-state index contributed by atoms with van der Waals surface area (Å²) in [4.78, 5) is 1.37. The van der Waals surface area contributed by atoms with Crippen molar-refractivity contribution in [2.45, 2.75) is 41.9 Å². The van der Waals surface area contributed by atoms with Gasteiger partial charge in [0.05, 0.1) is 22.3 Å². The number of nitriles is 1. The lowest BCUT2D eigenvalue weighted by molar-refractivity contribution is 0.561. The largest absolute Gasteiger partial charge is 0.249 e. The van der Waals surface area contributed by atoms with Crippen molar-refractivity contribution >= 4 is 10.8 Å². The van der Waals surface area contributed by atoms with E-state index >= 15 is 0 Å². The van der Waals surface area contributed by atoms with Crippen LogP contribution in [-0.2, 0) is 16.2 Å². The van der Waals surface area contributed by atoms with Crippen LogP contribution < -0.4 is 0 Å². The van der Waals surface area contributed by atoms with E-state index in [1.807, 2.05) is 74.5 Å². The summed E-state index contributed by atoms with van der Waals surface area (Å²) in [7, 11) is -1.37. The molecule has 0 bridgehead atoms. The van der Waals surface area contributed by atoms with Gasteiger partial charge < -0.3 is 0 Å². The van der Waals surface area contributed by atoms with E-state index in [2.05, 4.69) is 12.0 Å². The van der Waals surface area contributed by atoms with Crippen LogP contribution in [0.1, 0.15) is 30.9 Å². The zero-order chi connectivity index (χ0) is 18.3. The molecule has 2 rings (SSSR count). The summed E-state index contributed by atoms with van der Waals surface area (Å²) in [6, 6.07) is 17.4. The summed E-state index contributed by atoms with van der Waals surface area (Å²) in [6.45, 7) is 3.90. The molecule has 2 aromatic rings. The Kier molecular flexibility index (Phi) is 6.34. The molecule has 2 atom stereocenters. The first-order valence-corrected chi connectivity index (χ1v) is 9.27. The van der Waals surface area contributed by atoms with Crippen LogP contribution >= 0.6 is 0 Å². The van der Waals surface area contributed by atoms with Crippen molar-refractivity contribution in [2.24, 2.45) is 0 Å². The Labute approximate surface area is 152 Å². The molecule has 0 fully saturated rings. The van der Waals surface area contributed by atoms with Crippen molar-refractivity contribution < 1.29 is 4.21 Å². The van der Waals surface area contributed by atoms with Crippen molar-refractivity contribution in [2.75, 3.05) is 0 Å². The number of aryl methyl sites for hydroxylation is 1. The zero-order valence-electron chi connectivity index (χ0n) is 14.5. The van der Waals surface area contributed by atoms with Crippen LogP contribution in [-0.4, -0.2) is 4.21 Å². The normalized spacial score (nSPS) is 14.4. The van der Waals surface area contributed by atoms with Crippen molar-refractivity contribution in [3.63, 3.8) is 0 Å². The maximum Gasteiger partial charge on any atom is 0.0976 e. The molecule has 0 aliphatic carbocycles. The van der Waals surface area contributed by atoms with Gasteiger partial charge in [-0.15, -0.1) is 12.3 Å². The third-order valence-electron chi connectivity index (χ3n) is 4.16. The van der Waals surface area contributed by atoms with Crippen molar-refractivity contribution in [3.8, 4) is 18.4 Å². The summed E-state index contributed by atoms with van der Waals surface area (Å²) in [5.74, 6) is 2.62. The van der Waals surface area contributed by atoms with E-state index in [-0.39, 0.29) is 6.42 Å². The summed E-state index contributed by atoms with van der Waals surface area (Å²) >= 11 is 0. The number of nitrogens with zero attached hydrogens (tertiary/aromatic N) is 1. The Balaban J connectivity index is 2.59. The molecule has 0 radical (unpaired) electrons. The van der Waals surface area contributed by atoms with Gasteiger partial charge in [0.25, 0.3) is 0 Å². The zero-order valence-corrected chi connectivity index (χ0v) is 15.3. The average molecular weight is 347 g/mol. The van der Waals surface area contributed by atoms with Gasteiger partial charge in [-0.3, -0.25) is 0 Å². The van der Waals surface area contributed by atoms with Gasteiger partial charge in [0.1, 0.15) is 0 Å². The minimum atomic E-state index is -1.37. The Bertz CT molecular complexity index is 868. The van der Waals surface area contributed by atoms with Crippen molar-refractivity contribution in [1.82, 2.24) is 0 Å². The molecule has 0 aromatic heterocycles. The maximum atomic E-state index is 13.2. The van der Waals surface area contributed by atoms with Gasteiger partial charge in [-0.1, -0.05) is 48.0 Å². The predicted octanol–water partition coefficient (Wildman–Crippen LogP) is 4.91. The molecule has 3 heteroatoms. The van der Waals surface area contributed by atoms with Crippen molar-refractivity contribution in [3.05, 3.63) is 71.8 Å². The number of benzene rings is 2. The molecule has 0 unspecified atom stereocenters. The Morgan fingerprint density at radius 3 is 2.48 bits per heavy atom. The Morgan fingerprint density at radius 1 is 1.20 bits per heavy atom. The van der Waals surface area contributed by atoms with Crippen LogP contribution in [0, 0.1) is 30.6 Å². The number of hydrogen-bond acceptors (Lipinski definition) is 2. The number of allylic oxidation sites excluding steroid dienone is 2. The highest BCUT2D eigenvalue weighted by atomic mass is 32.2. The van der Waals surface area contributed by atoms with Crippen LogP contribution in [0.5, 0.6) is 0 Å². The second kappa shape index (κ2) is 8.47. The summed E-state index contributed by atoms with van der Waals surface area (Å²) < 4.78 is 13.2. The average Bonchev–Trinajstić information content (AvgIpc) is 2.65. The fourth-order valence-electron chi connectivity index (χ4n) is 2.73. The van der Waals surface area contributed by atoms with Crippen LogP contribution in [0.15, 0.2) is 70.5 Å². The predicted molar refractivity (Wildman–Crippen MR) is 102 cm³/mol. The van der Waals surface area contributed by atoms with E-state index in [4.69, 9.17) is 6.42 Å². The second-order valence-corrected chi connectivity index (χ2v) is 7.37. The fraction of sp³-hybridized carbons (Fsp3) is 0.227. The highest BCUT2D eigenvalue weighted by Crippen LogP contribution is 2.36. The minimum absolute atomic E-state index is 0.274. The molecule has 25 heavy (non-hydrogen) atoms. The molecule has 0 N–H and O–H groups in total. The third kappa shape index (κ3) is 4.08. The molecule has 0 amide bonds. The quantitative estimate of drug-likeness (QED) is 0.550. The number of rotatable bonds is 6. The maximum absolute atomic E-state index is 13.2. The smallest absolute Gasteiger partial charge is 0.0976 e. The van der Waals surface area contributed by atoms with E-state index in [0.717, 1.165) is 16.0 Å². The lowest BCUT2D eigenvalue weighted by Crippen LogP contribution is -2.25. The van der Waals surface area contributed by atoms with Crippen molar-refractivity contribution in [1.29, 1.82) is 5.26 Å². The minimum Gasteiger partial charge on any atom is -0.249 e. The van der Waals surface area contributed by atoms with E-state index in [9.17, 15) is 9.47 Å². The summed E-state index contributed by atoms with van der Waals surface area (Å²) in [6.07, 6.45) is 10.2. The SMILES string of the molecule is C#CC[C@](C#N)(C/C=C/C)c1ccccc1[S@@](=O)c1ccc(C)cc1. The van der Waals surface area contributed by atoms with Crippen LogP contribution in [0.4, 0.5) is 0 Å². The fourth-order valence-corrected chi connectivity index (χ4v) is 4.03. The van der Waals surface area contributed by atoms with Crippen LogP contribution in [0.3, 0.4) is 0 Å². The summed E-state index contributed by atoms with van der Waals surface area (Å²) in [5, 5.41) is 9.92. The number of terminal acetylenes is 1. The monoisotopic (exact) mass is 347 g/mol. The van der Waals surface area contributed by atoms with E-state index < -0.39 is 16.2 Å². The van der Waals surface area contributed by atoms with E-state index in [0.29, 0.717) is 11.3 Å². The molecule has 0 spiro atoms. The van der Waals surface area contributed by atoms with Crippen LogP contribution in [0.25, 0.3) is 0 Å². The molecule has 0 saturated carbocycles. The van der Waals surface area contributed by atoms with Gasteiger partial charge in [0.2, 0.25) is 0 Å². The first-order valence-electron chi connectivity index (χ1n) is 8.12. The van der Waals surface area contributed by atoms with Gasteiger partial charge in [0, 0.05) is 16.2 Å². The Hall–Kier alpha value is -2.62. The summed E-state index contributed by atoms with van der Waals surface area (Å²) in [5.41, 5.74) is 0.978. The van der Waals surface area contributed by atoms with Gasteiger partial charge in [-0.05, 0) is 44.0 Å². The molecule has 0 heterocycles. The lowest BCUT2D eigenvalue weighted by Gasteiger charge is -2.26. The molecule has 126 valence electrons. The molecule has 0 saturated heterocycles. The molecular formula is C22H21NOS. The second-order valence-electron chi connectivity index (χ2n) is 5.93. The van der Waals surface area contributed by atoms with Crippen LogP contribution in [0.2, 0.25) is 0 Å². The van der Waals surface area contributed by atoms with E-state index in [1.165, 1.54) is 0 Å². The Morgan fingerprint density at radius 2 is 1.88 bits per heavy atom. The molecule has 2 aromatic carbocycles. The lowest BCUT2D eigenvalue weighted by atomic mass is 9.76. The first-order chi connectivity index (χ1) is 12.1. The van der Waals surface area contributed by atoms with Gasteiger partial charge in [-0.2, -0.15) is 5.26 Å². The molecular weight excluding hydrogens is 326 g/mol. The topological polar surface area (TPSA) is 40.9 Å². The highest BCUT2D eigenvalue weighted by Gasteiger charge is 2.34. The standard InChI is InChI=1S/C22H21NOS/c1-4-6-16-22(17-23,15-5-2)20-9-7-8-10-21(20)25(24)19-13-11-18(3)12-14-19/h2,4,6-14H,15-16H2,1,3H3/b6-4+/t22-,25+/m1/s1. The van der Waals surface area contributed by atoms with Gasteiger partial charge in [0.15, 0.2) is 0 Å². The third-order valence-corrected chi connectivity index (χ3v) is 5.61. The van der Waals surface area contributed by atoms with E-state index in [1.54, 1.807) is 0 Å². The first kappa shape index (κ1) is 18.7. The highest BCUT2D eigenvalue weighted by molar-refractivity contribution is 7.85. The molecule has 0 aliphatic rings. The van der Waals surface area contributed by atoms with Gasteiger partial charge in [-0.25, -0.2) is 4.21 Å². The van der Waals surface area contributed by atoms with Gasteiger partial charge >= 0.3 is 0 Å². The molecule has 2 nitrogen and oxygen atoms in total.